The first-order chi connectivity index (χ1) is 12.4. The molecule has 0 spiro atoms. The van der Waals surface area contributed by atoms with Crippen LogP contribution in [0.2, 0.25) is 0 Å². The number of aromatic nitrogens is 1. The zero-order valence-corrected chi connectivity index (χ0v) is 15.8. The van der Waals surface area contributed by atoms with Crippen molar-refractivity contribution in [3.63, 3.8) is 0 Å². The van der Waals surface area contributed by atoms with Crippen molar-refractivity contribution in [3.05, 3.63) is 41.3 Å². The Kier molecular flexibility index (Phi) is 5.92. The molecule has 0 unspecified atom stereocenters. The Morgan fingerprint density at radius 2 is 2.08 bits per heavy atom. The van der Waals surface area contributed by atoms with Gasteiger partial charge in [0, 0.05) is 25.4 Å². The van der Waals surface area contributed by atoms with E-state index in [4.69, 9.17) is 9.15 Å². The van der Waals surface area contributed by atoms with Gasteiger partial charge in [0.15, 0.2) is 0 Å². The molecule has 0 aliphatic carbocycles. The monoisotopic (exact) mass is 380 g/mol. The lowest BCUT2D eigenvalue weighted by molar-refractivity contribution is 0.148. The molecule has 0 saturated carbocycles. The van der Waals surface area contributed by atoms with E-state index in [9.17, 15) is 8.42 Å². The molecule has 0 radical (unpaired) electrons. The summed E-state index contributed by atoms with van der Waals surface area (Å²) in [6.45, 7) is 5.87. The molecule has 1 aliphatic heterocycles. The Labute approximate surface area is 153 Å². The average molecular weight is 380 g/mol. The second-order valence-electron chi connectivity index (χ2n) is 6.28. The highest BCUT2D eigenvalue weighted by atomic mass is 32.2. The number of oxazole rings is 1. The third-order valence-electron chi connectivity index (χ3n) is 4.14. The molecule has 8 nitrogen and oxygen atoms in total. The summed E-state index contributed by atoms with van der Waals surface area (Å²) in [6, 6.07) is 6.38. The van der Waals surface area contributed by atoms with Gasteiger partial charge >= 0.3 is 0 Å². The minimum absolute atomic E-state index is 0.0671. The molecular weight excluding hydrogens is 356 g/mol. The number of benzene rings is 1. The number of ether oxygens (including phenoxy) is 1. The molecule has 2 heterocycles. The number of anilines is 2. The topological polar surface area (TPSA) is 96.7 Å². The number of nitrogens with zero attached hydrogens (tertiary/aromatic N) is 2. The molecule has 142 valence electrons. The van der Waals surface area contributed by atoms with E-state index >= 15 is 0 Å². The van der Waals surface area contributed by atoms with Gasteiger partial charge in [0.25, 0.3) is 16.2 Å². The van der Waals surface area contributed by atoms with E-state index in [1.165, 1.54) is 10.6 Å². The fourth-order valence-electron chi connectivity index (χ4n) is 2.65. The first kappa shape index (κ1) is 18.8. The maximum absolute atomic E-state index is 12.4. The van der Waals surface area contributed by atoms with Gasteiger partial charge < -0.3 is 14.5 Å². The summed E-state index contributed by atoms with van der Waals surface area (Å²) in [5, 5.41) is 3.12. The molecule has 3 rings (SSSR count). The molecule has 9 heteroatoms. The Bertz CT molecular complexity index is 842. The van der Waals surface area contributed by atoms with Crippen LogP contribution in [0.25, 0.3) is 0 Å². The van der Waals surface area contributed by atoms with Crippen molar-refractivity contribution < 1.29 is 17.6 Å². The van der Waals surface area contributed by atoms with E-state index < -0.39 is 10.2 Å². The summed E-state index contributed by atoms with van der Waals surface area (Å²) in [5.41, 5.74) is 3.61. The third-order valence-corrected chi connectivity index (χ3v) is 5.70. The first-order valence-electron chi connectivity index (χ1n) is 8.55. The van der Waals surface area contributed by atoms with Gasteiger partial charge in [-0.25, -0.2) is 0 Å². The molecule has 1 saturated heterocycles. The van der Waals surface area contributed by atoms with E-state index in [1.54, 1.807) is 0 Å². The fourth-order valence-corrected chi connectivity index (χ4v) is 3.85. The van der Waals surface area contributed by atoms with Crippen LogP contribution in [0.15, 0.2) is 28.9 Å². The Morgan fingerprint density at radius 1 is 1.23 bits per heavy atom. The van der Waals surface area contributed by atoms with Crippen molar-refractivity contribution in [2.75, 3.05) is 31.6 Å². The minimum atomic E-state index is -3.57. The number of hydrogen-bond acceptors (Lipinski definition) is 6. The van der Waals surface area contributed by atoms with Crippen molar-refractivity contribution in [1.82, 2.24) is 14.0 Å². The minimum Gasteiger partial charge on any atom is -0.432 e. The number of nitrogens with one attached hydrogen (secondary N) is 2. The van der Waals surface area contributed by atoms with E-state index in [2.05, 4.69) is 15.0 Å². The molecule has 0 bridgehead atoms. The standard InChI is InChI=1S/C17H24N4O4S/c1-13-4-5-14(2)16(10-13)20-17-19-15(12-25-17)11-18-26(22,23)21-6-3-8-24-9-7-21/h4-5,10,12,18H,3,6-9,11H2,1-2H3,(H,19,20). The summed E-state index contributed by atoms with van der Waals surface area (Å²) in [5.74, 6) is 0. The Hall–Kier alpha value is -1.94. The van der Waals surface area contributed by atoms with Crippen LogP contribution in [0.1, 0.15) is 23.2 Å². The quantitative estimate of drug-likeness (QED) is 0.797. The van der Waals surface area contributed by atoms with Gasteiger partial charge in [0.2, 0.25) is 0 Å². The molecule has 1 aromatic carbocycles. The van der Waals surface area contributed by atoms with Crippen LogP contribution in [0, 0.1) is 13.8 Å². The van der Waals surface area contributed by atoms with Crippen LogP contribution in [-0.4, -0.2) is 44.0 Å². The predicted octanol–water partition coefficient (Wildman–Crippen LogP) is 2.09. The van der Waals surface area contributed by atoms with Gasteiger partial charge in [-0.05, 0) is 37.5 Å². The SMILES string of the molecule is Cc1ccc(C)c(Nc2nc(CNS(=O)(=O)N3CCCOCC3)co2)c1. The van der Waals surface area contributed by atoms with Crippen molar-refractivity contribution in [1.29, 1.82) is 0 Å². The Morgan fingerprint density at radius 3 is 2.92 bits per heavy atom. The molecule has 1 fully saturated rings. The highest BCUT2D eigenvalue weighted by Crippen LogP contribution is 2.21. The molecule has 0 amide bonds. The predicted molar refractivity (Wildman–Crippen MR) is 98.5 cm³/mol. The Balaban J connectivity index is 1.60. The van der Waals surface area contributed by atoms with Gasteiger partial charge in [0.1, 0.15) is 6.26 Å². The lowest BCUT2D eigenvalue weighted by Crippen LogP contribution is -2.41. The van der Waals surface area contributed by atoms with Crippen LogP contribution in [0.5, 0.6) is 0 Å². The molecule has 1 aromatic heterocycles. The summed E-state index contributed by atoms with van der Waals surface area (Å²) in [4.78, 5) is 4.30. The van der Waals surface area contributed by atoms with E-state index in [-0.39, 0.29) is 6.54 Å². The fraction of sp³-hybridized carbons (Fsp3) is 0.471. The zero-order valence-electron chi connectivity index (χ0n) is 15.0. The number of hydrogen-bond donors (Lipinski definition) is 2. The maximum Gasteiger partial charge on any atom is 0.299 e. The summed E-state index contributed by atoms with van der Waals surface area (Å²) < 4.78 is 39.4. The molecule has 26 heavy (non-hydrogen) atoms. The largest absolute Gasteiger partial charge is 0.432 e. The van der Waals surface area contributed by atoms with Crippen LogP contribution in [0.4, 0.5) is 11.7 Å². The number of aryl methyl sites for hydroxylation is 2. The second-order valence-corrected chi connectivity index (χ2v) is 8.03. The van der Waals surface area contributed by atoms with Crippen LogP contribution in [0.3, 0.4) is 0 Å². The molecule has 2 N–H and O–H groups in total. The van der Waals surface area contributed by atoms with Crippen LogP contribution in [-0.2, 0) is 21.5 Å². The first-order valence-corrected chi connectivity index (χ1v) is 9.99. The smallest absolute Gasteiger partial charge is 0.299 e. The van der Waals surface area contributed by atoms with E-state index in [0.717, 1.165) is 16.8 Å². The number of rotatable bonds is 6. The lowest BCUT2D eigenvalue weighted by Gasteiger charge is -2.19. The molecule has 0 atom stereocenters. The van der Waals surface area contributed by atoms with E-state index in [0.29, 0.717) is 44.4 Å². The van der Waals surface area contributed by atoms with Gasteiger partial charge in [-0.3, -0.25) is 0 Å². The summed E-state index contributed by atoms with van der Waals surface area (Å²) in [7, 11) is -3.57. The molecule has 2 aromatic rings. The van der Waals surface area contributed by atoms with Gasteiger partial charge in [-0.1, -0.05) is 12.1 Å². The lowest BCUT2D eigenvalue weighted by atomic mass is 10.1. The highest BCUT2D eigenvalue weighted by molar-refractivity contribution is 7.87. The third kappa shape index (κ3) is 4.82. The van der Waals surface area contributed by atoms with Crippen LogP contribution < -0.4 is 10.0 Å². The van der Waals surface area contributed by atoms with Gasteiger partial charge in [0.05, 0.1) is 18.8 Å². The maximum atomic E-state index is 12.4. The van der Waals surface area contributed by atoms with Crippen LogP contribution >= 0.6 is 0 Å². The zero-order chi connectivity index (χ0) is 18.6. The van der Waals surface area contributed by atoms with Crippen molar-refractivity contribution in [2.45, 2.75) is 26.8 Å². The average Bonchev–Trinajstić information content (AvgIpc) is 2.86. The summed E-state index contributed by atoms with van der Waals surface area (Å²) >= 11 is 0. The van der Waals surface area contributed by atoms with Crippen molar-refractivity contribution in [3.8, 4) is 0 Å². The summed E-state index contributed by atoms with van der Waals surface area (Å²) in [6.07, 6.45) is 2.14. The second kappa shape index (κ2) is 8.17. The van der Waals surface area contributed by atoms with Gasteiger partial charge in [-0.15, -0.1) is 0 Å². The highest BCUT2D eigenvalue weighted by Gasteiger charge is 2.23. The van der Waals surface area contributed by atoms with Gasteiger partial charge in [-0.2, -0.15) is 22.4 Å². The molecular formula is C17H24N4O4S. The van der Waals surface area contributed by atoms with E-state index in [1.807, 2.05) is 32.0 Å². The van der Waals surface area contributed by atoms with Crippen molar-refractivity contribution >= 4 is 21.9 Å². The van der Waals surface area contributed by atoms with Crippen molar-refractivity contribution in [2.24, 2.45) is 0 Å². The molecule has 1 aliphatic rings. The normalized spacial score (nSPS) is 16.4.